The van der Waals surface area contributed by atoms with E-state index in [1.165, 1.54) is 24.9 Å². The minimum absolute atomic E-state index is 0.0216. The Hall–Kier alpha value is -2.20. The maximum Gasteiger partial charge on any atom is 0.258 e. The van der Waals surface area contributed by atoms with Crippen molar-refractivity contribution < 1.29 is 9.53 Å². The Morgan fingerprint density at radius 2 is 1.84 bits per heavy atom. The van der Waals surface area contributed by atoms with Gasteiger partial charge in [-0.05, 0) is 55.2 Å². The number of anilines is 1. The molecule has 0 saturated carbocycles. The summed E-state index contributed by atoms with van der Waals surface area (Å²) < 4.78 is 5.43. The number of hydrogen-bond donors (Lipinski definition) is 1. The van der Waals surface area contributed by atoms with Crippen molar-refractivity contribution in [3.63, 3.8) is 0 Å². The molecule has 1 heterocycles. The summed E-state index contributed by atoms with van der Waals surface area (Å²) in [5.41, 5.74) is 2.34. The monoisotopic (exact) mass is 358 g/mol. The third-order valence-corrected chi connectivity index (χ3v) is 4.55. The van der Waals surface area contributed by atoms with Gasteiger partial charge in [-0.2, -0.15) is 0 Å². The van der Waals surface area contributed by atoms with Crippen LogP contribution in [-0.2, 0) is 11.3 Å². The molecule has 132 valence electrons. The quantitative estimate of drug-likeness (QED) is 0.847. The van der Waals surface area contributed by atoms with Crippen molar-refractivity contribution in [3.8, 4) is 5.75 Å². The number of carbonyl (C=O) groups excluding carboxylic acids is 1. The molecule has 0 aliphatic carbocycles. The highest BCUT2D eigenvalue weighted by molar-refractivity contribution is 6.30. The van der Waals surface area contributed by atoms with Crippen molar-refractivity contribution in [2.45, 2.75) is 25.8 Å². The van der Waals surface area contributed by atoms with Gasteiger partial charge in [-0.3, -0.25) is 4.79 Å². The van der Waals surface area contributed by atoms with E-state index in [1.807, 2.05) is 0 Å². The van der Waals surface area contributed by atoms with E-state index in [-0.39, 0.29) is 12.5 Å². The van der Waals surface area contributed by atoms with E-state index in [1.54, 1.807) is 24.3 Å². The summed E-state index contributed by atoms with van der Waals surface area (Å²) >= 11 is 5.89. The smallest absolute Gasteiger partial charge is 0.258 e. The van der Waals surface area contributed by atoms with Gasteiger partial charge in [-0.1, -0.05) is 29.8 Å². The normalized spacial score (nSPS) is 14.2. The number of nitrogens with one attached hydrogen (secondary N) is 1. The summed E-state index contributed by atoms with van der Waals surface area (Å²) in [6.45, 7) is 2.75. The van der Waals surface area contributed by atoms with Crippen LogP contribution in [0.2, 0.25) is 5.02 Å². The minimum Gasteiger partial charge on any atom is -0.484 e. The summed E-state index contributed by atoms with van der Waals surface area (Å²) in [7, 11) is 0. The molecule has 0 radical (unpaired) electrons. The highest BCUT2D eigenvalue weighted by Gasteiger charge is 2.10. The van der Waals surface area contributed by atoms with Gasteiger partial charge in [0.25, 0.3) is 5.91 Å². The lowest BCUT2D eigenvalue weighted by Gasteiger charge is -2.28. The van der Waals surface area contributed by atoms with Crippen molar-refractivity contribution >= 4 is 23.2 Å². The second kappa shape index (κ2) is 8.77. The SMILES string of the molecule is O=C(COc1cccc(Cl)c1)NCc1ccc(N2CCCCC2)cc1. The molecule has 4 nitrogen and oxygen atoms in total. The van der Waals surface area contributed by atoms with Gasteiger partial charge in [0.1, 0.15) is 5.75 Å². The van der Waals surface area contributed by atoms with Crippen molar-refractivity contribution in [2.75, 3.05) is 24.6 Å². The first-order valence-corrected chi connectivity index (χ1v) is 9.07. The fourth-order valence-electron chi connectivity index (χ4n) is 2.93. The van der Waals surface area contributed by atoms with Crippen molar-refractivity contribution in [3.05, 3.63) is 59.1 Å². The number of ether oxygens (including phenoxy) is 1. The summed E-state index contributed by atoms with van der Waals surface area (Å²) in [6, 6.07) is 15.4. The molecule has 2 aromatic rings. The third kappa shape index (κ3) is 5.40. The lowest BCUT2D eigenvalue weighted by Crippen LogP contribution is -2.29. The number of benzene rings is 2. The molecule has 0 bridgehead atoms. The molecular weight excluding hydrogens is 336 g/mol. The molecule has 1 saturated heterocycles. The van der Waals surface area contributed by atoms with E-state index in [2.05, 4.69) is 34.5 Å². The second-order valence-corrected chi connectivity index (χ2v) is 6.67. The topological polar surface area (TPSA) is 41.6 Å². The van der Waals surface area contributed by atoms with E-state index < -0.39 is 0 Å². The van der Waals surface area contributed by atoms with Crippen LogP contribution in [0.3, 0.4) is 0 Å². The summed E-state index contributed by atoms with van der Waals surface area (Å²) in [4.78, 5) is 14.3. The molecule has 5 heteroatoms. The maximum absolute atomic E-state index is 11.9. The molecule has 3 rings (SSSR count). The van der Waals surface area contributed by atoms with Crippen molar-refractivity contribution in [2.24, 2.45) is 0 Å². The molecule has 0 atom stereocenters. The Kier molecular flexibility index (Phi) is 6.18. The van der Waals surface area contributed by atoms with Crippen LogP contribution in [0.15, 0.2) is 48.5 Å². The van der Waals surface area contributed by atoms with Crippen LogP contribution < -0.4 is 15.0 Å². The lowest BCUT2D eigenvalue weighted by molar-refractivity contribution is -0.123. The average Bonchev–Trinajstić information content (AvgIpc) is 2.66. The zero-order valence-electron chi connectivity index (χ0n) is 14.2. The zero-order chi connectivity index (χ0) is 17.5. The van der Waals surface area contributed by atoms with Gasteiger partial charge in [-0.15, -0.1) is 0 Å². The van der Waals surface area contributed by atoms with Gasteiger partial charge in [0.2, 0.25) is 0 Å². The number of amides is 1. The number of piperidine rings is 1. The predicted octanol–water partition coefficient (Wildman–Crippen LogP) is 4.03. The van der Waals surface area contributed by atoms with Gasteiger partial charge < -0.3 is 15.0 Å². The molecule has 1 amide bonds. The number of rotatable bonds is 6. The van der Waals surface area contributed by atoms with Crippen LogP contribution in [-0.4, -0.2) is 25.6 Å². The number of carbonyl (C=O) groups is 1. The fourth-order valence-corrected chi connectivity index (χ4v) is 3.11. The zero-order valence-corrected chi connectivity index (χ0v) is 15.0. The Morgan fingerprint density at radius 1 is 1.08 bits per heavy atom. The Balaban J connectivity index is 1.43. The van der Waals surface area contributed by atoms with Crippen molar-refractivity contribution in [1.82, 2.24) is 5.32 Å². The number of hydrogen-bond acceptors (Lipinski definition) is 3. The molecule has 0 unspecified atom stereocenters. The summed E-state index contributed by atoms with van der Waals surface area (Å²) in [5.74, 6) is 0.439. The molecule has 1 aliphatic rings. The highest BCUT2D eigenvalue weighted by Crippen LogP contribution is 2.20. The first-order valence-electron chi connectivity index (χ1n) is 8.70. The van der Waals surface area contributed by atoms with Crippen LogP contribution in [0.4, 0.5) is 5.69 Å². The lowest BCUT2D eigenvalue weighted by atomic mass is 10.1. The van der Waals surface area contributed by atoms with Crippen LogP contribution >= 0.6 is 11.6 Å². The molecule has 2 aromatic carbocycles. The molecule has 0 aromatic heterocycles. The van der Waals surface area contributed by atoms with Gasteiger partial charge in [0.05, 0.1) is 0 Å². The van der Waals surface area contributed by atoms with Gasteiger partial charge in [-0.25, -0.2) is 0 Å². The average molecular weight is 359 g/mol. The standard InChI is InChI=1S/C20H23ClN2O2/c21-17-5-4-6-19(13-17)25-15-20(24)22-14-16-7-9-18(10-8-16)23-11-2-1-3-12-23/h4-10,13H,1-3,11-12,14-15H2,(H,22,24). The molecule has 25 heavy (non-hydrogen) atoms. The Bertz CT molecular complexity index is 697. The molecule has 1 aliphatic heterocycles. The molecule has 0 spiro atoms. The van der Waals surface area contributed by atoms with Crippen LogP contribution in [0.1, 0.15) is 24.8 Å². The number of nitrogens with zero attached hydrogens (tertiary/aromatic N) is 1. The largest absolute Gasteiger partial charge is 0.484 e. The van der Waals surface area contributed by atoms with E-state index in [0.29, 0.717) is 17.3 Å². The summed E-state index contributed by atoms with van der Waals surface area (Å²) in [6.07, 6.45) is 3.87. The Morgan fingerprint density at radius 3 is 2.56 bits per heavy atom. The van der Waals surface area contributed by atoms with E-state index in [4.69, 9.17) is 16.3 Å². The van der Waals surface area contributed by atoms with E-state index >= 15 is 0 Å². The van der Waals surface area contributed by atoms with E-state index in [0.717, 1.165) is 18.7 Å². The fraction of sp³-hybridized carbons (Fsp3) is 0.350. The molecule has 1 fully saturated rings. The van der Waals surface area contributed by atoms with Crippen LogP contribution in [0.25, 0.3) is 0 Å². The van der Waals surface area contributed by atoms with Crippen LogP contribution in [0, 0.1) is 0 Å². The first-order chi connectivity index (χ1) is 12.2. The molecule has 1 N–H and O–H groups in total. The highest BCUT2D eigenvalue weighted by atomic mass is 35.5. The van der Waals surface area contributed by atoms with Gasteiger partial charge in [0.15, 0.2) is 6.61 Å². The first kappa shape index (κ1) is 17.6. The second-order valence-electron chi connectivity index (χ2n) is 6.24. The number of halogens is 1. The molecular formula is C20H23ClN2O2. The maximum atomic E-state index is 11.9. The van der Waals surface area contributed by atoms with Gasteiger partial charge >= 0.3 is 0 Å². The minimum atomic E-state index is -0.153. The predicted molar refractivity (Wildman–Crippen MR) is 101 cm³/mol. The van der Waals surface area contributed by atoms with Crippen molar-refractivity contribution in [1.29, 1.82) is 0 Å². The van der Waals surface area contributed by atoms with Gasteiger partial charge in [0, 0.05) is 30.3 Å². The summed E-state index contributed by atoms with van der Waals surface area (Å²) in [5, 5.41) is 3.46. The Labute approximate surface area is 153 Å². The van der Waals surface area contributed by atoms with Crippen LogP contribution in [0.5, 0.6) is 5.75 Å². The van der Waals surface area contributed by atoms with E-state index in [9.17, 15) is 4.79 Å². The third-order valence-electron chi connectivity index (χ3n) is 4.31.